The summed E-state index contributed by atoms with van der Waals surface area (Å²) in [5.74, 6) is 0.950. The lowest BCUT2D eigenvalue weighted by Gasteiger charge is -2.12. The second kappa shape index (κ2) is 6.40. The predicted molar refractivity (Wildman–Crippen MR) is 89.8 cm³/mol. The third-order valence-electron chi connectivity index (χ3n) is 3.68. The van der Waals surface area contributed by atoms with Crippen LogP contribution in [0.1, 0.15) is 15.9 Å². The zero-order chi connectivity index (χ0) is 16.2. The van der Waals surface area contributed by atoms with Gasteiger partial charge in [-0.25, -0.2) is 0 Å². The Balaban J connectivity index is 1.83. The average Bonchev–Trinajstić information content (AvgIpc) is 2.59. The minimum absolute atomic E-state index is 0.294. The molecule has 0 aromatic heterocycles. The Hall–Kier alpha value is -3.01. The van der Waals surface area contributed by atoms with Crippen LogP contribution in [-0.4, -0.2) is 13.0 Å². The van der Waals surface area contributed by atoms with Crippen molar-refractivity contribution >= 4 is 16.7 Å². The molecule has 0 aliphatic rings. The summed E-state index contributed by atoms with van der Waals surface area (Å²) >= 11 is 0. The molecule has 0 radical (unpaired) electrons. The topological polar surface area (TPSA) is 61.5 Å². The quantitative estimate of drug-likeness (QED) is 0.784. The van der Waals surface area contributed by atoms with Crippen LogP contribution in [0.5, 0.6) is 11.5 Å². The number of methoxy groups -OCH3 is 1. The van der Waals surface area contributed by atoms with E-state index >= 15 is 0 Å². The molecular formula is C19H17NO3. The molecule has 0 spiro atoms. The largest absolute Gasteiger partial charge is 0.496 e. The summed E-state index contributed by atoms with van der Waals surface area (Å²) in [6.07, 6.45) is 0. The Bertz CT molecular complexity index is 858. The van der Waals surface area contributed by atoms with Crippen LogP contribution in [-0.2, 0) is 6.61 Å². The van der Waals surface area contributed by atoms with Crippen molar-refractivity contribution in [3.8, 4) is 11.5 Å². The molecule has 0 unspecified atom stereocenters. The maximum Gasteiger partial charge on any atom is 0.248 e. The van der Waals surface area contributed by atoms with E-state index in [-0.39, 0.29) is 0 Å². The molecule has 4 heteroatoms. The van der Waals surface area contributed by atoms with Crippen LogP contribution < -0.4 is 15.2 Å². The molecule has 0 heterocycles. The highest BCUT2D eigenvalue weighted by atomic mass is 16.5. The lowest BCUT2D eigenvalue weighted by molar-refractivity contribution is 0.1000. The van der Waals surface area contributed by atoms with Gasteiger partial charge in [0.15, 0.2) is 0 Å². The second-order valence-electron chi connectivity index (χ2n) is 5.19. The fourth-order valence-electron chi connectivity index (χ4n) is 2.46. The van der Waals surface area contributed by atoms with E-state index in [0.29, 0.717) is 17.9 Å². The fourth-order valence-corrected chi connectivity index (χ4v) is 2.46. The highest BCUT2D eigenvalue weighted by Crippen LogP contribution is 2.24. The monoisotopic (exact) mass is 307 g/mol. The number of ether oxygens (including phenoxy) is 2. The minimum Gasteiger partial charge on any atom is -0.496 e. The summed E-state index contributed by atoms with van der Waals surface area (Å²) in [4.78, 5) is 11.3. The molecule has 0 fully saturated rings. The molecule has 1 amide bonds. The molecule has 0 atom stereocenters. The van der Waals surface area contributed by atoms with Gasteiger partial charge in [0.1, 0.15) is 18.1 Å². The van der Waals surface area contributed by atoms with Crippen LogP contribution >= 0.6 is 0 Å². The highest BCUT2D eigenvalue weighted by molar-refractivity contribution is 5.93. The summed E-state index contributed by atoms with van der Waals surface area (Å²) in [6, 6.07) is 19.1. The number of benzene rings is 3. The third kappa shape index (κ3) is 3.26. The number of amides is 1. The maximum atomic E-state index is 11.3. The van der Waals surface area contributed by atoms with Crippen molar-refractivity contribution in [2.45, 2.75) is 6.61 Å². The van der Waals surface area contributed by atoms with Crippen molar-refractivity contribution < 1.29 is 14.3 Å². The van der Waals surface area contributed by atoms with E-state index in [1.54, 1.807) is 25.3 Å². The Morgan fingerprint density at radius 2 is 1.78 bits per heavy atom. The van der Waals surface area contributed by atoms with Crippen LogP contribution in [0.4, 0.5) is 0 Å². The molecule has 4 nitrogen and oxygen atoms in total. The molecule has 3 aromatic rings. The van der Waals surface area contributed by atoms with Gasteiger partial charge >= 0.3 is 0 Å². The molecule has 2 N–H and O–H groups in total. The first-order valence-electron chi connectivity index (χ1n) is 7.25. The van der Waals surface area contributed by atoms with Gasteiger partial charge in [0.05, 0.1) is 7.11 Å². The maximum absolute atomic E-state index is 11.3. The molecule has 0 bridgehead atoms. The van der Waals surface area contributed by atoms with Gasteiger partial charge in [-0.15, -0.1) is 0 Å². The Morgan fingerprint density at radius 1 is 1.00 bits per heavy atom. The van der Waals surface area contributed by atoms with Gasteiger partial charge in [-0.2, -0.15) is 0 Å². The summed E-state index contributed by atoms with van der Waals surface area (Å²) in [5, 5.41) is 2.27. The molecule has 116 valence electrons. The molecule has 0 saturated carbocycles. The van der Waals surface area contributed by atoms with Crippen molar-refractivity contribution in [1.82, 2.24) is 0 Å². The van der Waals surface area contributed by atoms with E-state index in [4.69, 9.17) is 15.2 Å². The van der Waals surface area contributed by atoms with E-state index in [9.17, 15) is 4.79 Å². The summed E-state index contributed by atoms with van der Waals surface area (Å²) < 4.78 is 11.2. The highest BCUT2D eigenvalue weighted by Gasteiger charge is 2.09. The summed E-state index contributed by atoms with van der Waals surface area (Å²) in [7, 11) is 1.58. The van der Waals surface area contributed by atoms with E-state index < -0.39 is 5.91 Å². The number of hydrogen-bond donors (Lipinski definition) is 1. The number of nitrogens with two attached hydrogens (primary N) is 1. The number of rotatable bonds is 5. The van der Waals surface area contributed by atoms with Gasteiger partial charge in [0.25, 0.3) is 0 Å². The first-order valence-corrected chi connectivity index (χ1v) is 7.25. The van der Waals surface area contributed by atoms with Gasteiger partial charge < -0.3 is 15.2 Å². The first-order chi connectivity index (χ1) is 11.2. The lowest BCUT2D eigenvalue weighted by atomic mass is 10.1. The Kier molecular flexibility index (Phi) is 4.15. The molecule has 3 rings (SSSR count). The zero-order valence-electron chi connectivity index (χ0n) is 12.8. The van der Waals surface area contributed by atoms with E-state index in [1.807, 2.05) is 36.4 Å². The van der Waals surface area contributed by atoms with E-state index in [2.05, 4.69) is 6.07 Å². The number of carbonyl (C=O) groups excluding carboxylic acids is 1. The van der Waals surface area contributed by atoms with E-state index in [0.717, 1.165) is 22.1 Å². The van der Waals surface area contributed by atoms with Gasteiger partial charge in [-0.05, 0) is 41.1 Å². The second-order valence-corrected chi connectivity index (χ2v) is 5.19. The van der Waals surface area contributed by atoms with Crippen molar-refractivity contribution in [2.24, 2.45) is 5.73 Å². The number of carbonyl (C=O) groups is 1. The normalized spacial score (nSPS) is 10.5. The van der Waals surface area contributed by atoms with Crippen molar-refractivity contribution in [3.05, 3.63) is 71.8 Å². The standard InChI is InChI=1S/C19H17NO3/c1-22-18-9-7-15(19(20)21)10-16(18)12-23-17-8-6-13-4-2-3-5-14(13)11-17/h2-11H,12H2,1H3,(H2,20,21). The van der Waals surface area contributed by atoms with Crippen molar-refractivity contribution in [3.63, 3.8) is 0 Å². The van der Waals surface area contributed by atoms with Gasteiger partial charge in [-0.1, -0.05) is 30.3 Å². The minimum atomic E-state index is -0.473. The Labute approximate surface area is 134 Å². The molecule has 3 aromatic carbocycles. The SMILES string of the molecule is COc1ccc(C(N)=O)cc1COc1ccc2ccccc2c1. The molecule has 0 aliphatic carbocycles. The number of hydrogen-bond acceptors (Lipinski definition) is 3. The molecular weight excluding hydrogens is 290 g/mol. The van der Waals surface area contributed by atoms with Crippen LogP contribution in [0.25, 0.3) is 10.8 Å². The van der Waals surface area contributed by atoms with Crippen LogP contribution in [0.2, 0.25) is 0 Å². The predicted octanol–water partition coefficient (Wildman–Crippen LogP) is 3.53. The van der Waals surface area contributed by atoms with Crippen LogP contribution in [0.15, 0.2) is 60.7 Å². The van der Waals surface area contributed by atoms with E-state index in [1.165, 1.54) is 0 Å². The summed E-state index contributed by atoms with van der Waals surface area (Å²) in [5.41, 5.74) is 6.53. The van der Waals surface area contributed by atoms with Crippen molar-refractivity contribution in [2.75, 3.05) is 7.11 Å². The smallest absolute Gasteiger partial charge is 0.248 e. The summed E-state index contributed by atoms with van der Waals surface area (Å²) in [6.45, 7) is 0.294. The van der Waals surface area contributed by atoms with Gasteiger partial charge in [0, 0.05) is 11.1 Å². The Morgan fingerprint density at radius 3 is 2.52 bits per heavy atom. The van der Waals surface area contributed by atoms with Crippen LogP contribution in [0.3, 0.4) is 0 Å². The lowest BCUT2D eigenvalue weighted by Crippen LogP contribution is -2.12. The van der Waals surface area contributed by atoms with Gasteiger partial charge in [-0.3, -0.25) is 4.79 Å². The van der Waals surface area contributed by atoms with Crippen LogP contribution in [0, 0.1) is 0 Å². The average molecular weight is 307 g/mol. The molecule has 0 saturated heterocycles. The van der Waals surface area contributed by atoms with Crippen molar-refractivity contribution in [1.29, 1.82) is 0 Å². The molecule has 23 heavy (non-hydrogen) atoms. The van der Waals surface area contributed by atoms with Gasteiger partial charge in [0.2, 0.25) is 5.91 Å². The first kappa shape index (κ1) is 14.9. The number of primary amides is 1. The fraction of sp³-hybridized carbons (Fsp3) is 0.105. The molecule has 0 aliphatic heterocycles. The zero-order valence-corrected chi connectivity index (χ0v) is 12.8. The third-order valence-corrected chi connectivity index (χ3v) is 3.68. The number of fused-ring (bicyclic) bond motifs is 1.